The highest BCUT2D eigenvalue weighted by molar-refractivity contribution is 5.85. The first-order valence-electron chi connectivity index (χ1n) is 7.46. The molecule has 2 rings (SSSR count). The Morgan fingerprint density at radius 2 is 2.23 bits per heavy atom. The summed E-state index contributed by atoms with van der Waals surface area (Å²) in [6.45, 7) is 5.77. The fourth-order valence-corrected chi connectivity index (χ4v) is 2.14. The van der Waals surface area contributed by atoms with Crippen LogP contribution in [0.15, 0.2) is 30.3 Å². The average Bonchev–Trinajstić information content (AvgIpc) is 2.54. The van der Waals surface area contributed by atoms with E-state index in [4.69, 9.17) is 9.47 Å². The van der Waals surface area contributed by atoms with E-state index in [0.29, 0.717) is 33.0 Å². The summed E-state index contributed by atoms with van der Waals surface area (Å²) < 4.78 is 10.9. The third-order valence-electron chi connectivity index (χ3n) is 3.38. The number of ether oxygens (including phenoxy) is 2. The van der Waals surface area contributed by atoms with Crippen molar-refractivity contribution in [1.82, 2.24) is 10.6 Å². The Morgan fingerprint density at radius 3 is 2.91 bits per heavy atom. The first-order chi connectivity index (χ1) is 10.3. The molecule has 1 aromatic carbocycles. The second kappa shape index (κ2) is 10.6. The normalized spacial score (nSPS) is 19.0. The van der Waals surface area contributed by atoms with Crippen LogP contribution >= 0.6 is 12.4 Å². The summed E-state index contributed by atoms with van der Waals surface area (Å²) in [7, 11) is 0. The zero-order valence-electron chi connectivity index (χ0n) is 12.9. The number of nitrogens with one attached hydrogen (secondary N) is 2. The number of carbonyl (C=O) groups is 1. The van der Waals surface area contributed by atoms with Crippen LogP contribution in [0.2, 0.25) is 0 Å². The Kier molecular flexibility index (Phi) is 9.08. The Bertz CT molecular complexity index is 425. The lowest BCUT2D eigenvalue weighted by atomic mass is 10.2. The van der Waals surface area contributed by atoms with Gasteiger partial charge in [-0.2, -0.15) is 0 Å². The molecule has 0 bridgehead atoms. The zero-order valence-corrected chi connectivity index (χ0v) is 13.7. The summed E-state index contributed by atoms with van der Waals surface area (Å²) in [4.78, 5) is 11.9. The van der Waals surface area contributed by atoms with Crippen molar-refractivity contribution in [3.8, 4) is 0 Å². The van der Waals surface area contributed by atoms with Crippen LogP contribution in [0.5, 0.6) is 0 Å². The molecule has 1 aromatic rings. The van der Waals surface area contributed by atoms with E-state index in [1.165, 1.54) is 0 Å². The van der Waals surface area contributed by atoms with Gasteiger partial charge in [0.2, 0.25) is 5.91 Å². The molecular formula is C16H25ClN2O3. The van der Waals surface area contributed by atoms with Gasteiger partial charge in [0.1, 0.15) is 6.04 Å². The molecule has 0 saturated carbocycles. The lowest BCUT2D eigenvalue weighted by molar-refractivity contribution is -0.126. The molecule has 2 N–H and O–H groups in total. The van der Waals surface area contributed by atoms with Crippen molar-refractivity contribution in [2.24, 2.45) is 5.92 Å². The second-order valence-electron chi connectivity index (χ2n) is 5.43. The highest BCUT2D eigenvalue weighted by Crippen LogP contribution is 2.03. The van der Waals surface area contributed by atoms with Crippen molar-refractivity contribution in [2.75, 3.05) is 32.9 Å². The largest absolute Gasteiger partial charge is 0.378 e. The van der Waals surface area contributed by atoms with Gasteiger partial charge in [-0.3, -0.25) is 4.79 Å². The van der Waals surface area contributed by atoms with Gasteiger partial charge in [0.25, 0.3) is 0 Å². The Morgan fingerprint density at radius 1 is 1.45 bits per heavy atom. The van der Waals surface area contributed by atoms with Gasteiger partial charge in [-0.25, -0.2) is 0 Å². The first kappa shape index (κ1) is 18.9. The predicted molar refractivity (Wildman–Crippen MR) is 88.1 cm³/mol. The van der Waals surface area contributed by atoms with Crippen molar-refractivity contribution in [3.05, 3.63) is 35.9 Å². The number of amides is 1. The summed E-state index contributed by atoms with van der Waals surface area (Å²) in [5.74, 6) is 0.284. The first-order valence-corrected chi connectivity index (χ1v) is 7.46. The van der Waals surface area contributed by atoms with E-state index >= 15 is 0 Å². The molecule has 2 atom stereocenters. The van der Waals surface area contributed by atoms with E-state index < -0.39 is 0 Å². The number of rotatable bonds is 7. The van der Waals surface area contributed by atoms with Gasteiger partial charge in [-0.1, -0.05) is 37.3 Å². The van der Waals surface area contributed by atoms with Crippen molar-refractivity contribution in [2.45, 2.75) is 19.6 Å². The third kappa shape index (κ3) is 6.75. The predicted octanol–water partition coefficient (Wildman–Crippen LogP) is 1.37. The molecule has 6 heteroatoms. The molecule has 1 amide bonds. The van der Waals surface area contributed by atoms with Gasteiger partial charge in [0, 0.05) is 13.1 Å². The molecule has 124 valence electrons. The minimum atomic E-state index is -0.226. The maximum Gasteiger partial charge on any atom is 0.239 e. The monoisotopic (exact) mass is 328 g/mol. The molecule has 1 aliphatic rings. The average molecular weight is 329 g/mol. The number of benzene rings is 1. The van der Waals surface area contributed by atoms with Crippen molar-refractivity contribution in [3.63, 3.8) is 0 Å². The minimum absolute atomic E-state index is 0. The van der Waals surface area contributed by atoms with Crippen LogP contribution in [0, 0.1) is 5.92 Å². The quantitative estimate of drug-likeness (QED) is 0.793. The van der Waals surface area contributed by atoms with Crippen LogP contribution in [0.25, 0.3) is 0 Å². The number of halogens is 1. The number of hydrogen-bond acceptors (Lipinski definition) is 4. The van der Waals surface area contributed by atoms with Crippen LogP contribution in [0.1, 0.15) is 12.5 Å². The molecule has 0 aliphatic carbocycles. The molecule has 0 spiro atoms. The van der Waals surface area contributed by atoms with Gasteiger partial charge < -0.3 is 20.1 Å². The molecular weight excluding hydrogens is 304 g/mol. The van der Waals surface area contributed by atoms with Crippen LogP contribution in [-0.4, -0.2) is 44.9 Å². The highest BCUT2D eigenvalue weighted by atomic mass is 35.5. The summed E-state index contributed by atoms with van der Waals surface area (Å²) in [6.07, 6.45) is 0. The van der Waals surface area contributed by atoms with E-state index in [2.05, 4.69) is 17.6 Å². The summed E-state index contributed by atoms with van der Waals surface area (Å²) in [5, 5.41) is 6.08. The molecule has 0 radical (unpaired) electrons. The lowest BCUT2D eigenvalue weighted by Gasteiger charge is -2.23. The fraction of sp³-hybridized carbons (Fsp3) is 0.562. The van der Waals surface area contributed by atoms with Gasteiger partial charge in [0.05, 0.1) is 26.4 Å². The molecule has 1 saturated heterocycles. The van der Waals surface area contributed by atoms with Crippen molar-refractivity contribution >= 4 is 18.3 Å². The molecule has 1 heterocycles. The molecule has 22 heavy (non-hydrogen) atoms. The Hall–Kier alpha value is -1.14. The highest BCUT2D eigenvalue weighted by Gasteiger charge is 2.21. The molecule has 2 unspecified atom stereocenters. The van der Waals surface area contributed by atoms with E-state index in [9.17, 15) is 4.79 Å². The van der Waals surface area contributed by atoms with Crippen molar-refractivity contribution < 1.29 is 14.3 Å². The molecule has 0 aromatic heterocycles. The number of morpholine rings is 1. The topological polar surface area (TPSA) is 59.6 Å². The van der Waals surface area contributed by atoms with Gasteiger partial charge in [-0.05, 0) is 11.5 Å². The van der Waals surface area contributed by atoms with E-state index in [1.807, 2.05) is 30.3 Å². The summed E-state index contributed by atoms with van der Waals surface area (Å²) in [6, 6.07) is 9.85. The molecule has 5 nitrogen and oxygen atoms in total. The third-order valence-corrected chi connectivity index (χ3v) is 3.38. The minimum Gasteiger partial charge on any atom is -0.378 e. The van der Waals surface area contributed by atoms with Crippen LogP contribution in [0.4, 0.5) is 0 Å². The fourth-order valence-electron chi connectivity index (χ4n) is 2.14. The molecule has 1 fully saturated rings. The van der Waals surface area contributed by atoms with Crippen LogP contribution in [-0.2, 0) is 20.9 Å². The van der Waals surface area contributed by atoms with Crippen LogP contribution < -0.4 is 10.6 Å². The zero-order chi connectivity index (χ0) is 14.9. The van der Waals surface area contributed by atoms with Crippen LogP contribution in [0.3, 0.4) is 0 Å². The Balaban J connectivity index is 0.00000242. The maximum absolute atomic E-state index is 11.9. The van der Waals surface area contributed by atoms with E-state index in [0.717, 1.165) is 12.1 Å². The Labute approximate surface area is 138 Å². The van der Waals surface area contributed by atoms with Gasteiger partial charge in [0.15, 0.2) is 0 Å². The van der Waals surface area contributed by atoms with Gasteiger partial charge >= 0.3 is 0 Å². The second-order valence-corrected chi connectivity index (χ2v) is 5.43. The summed E-state index contributed by atoms with van der Waals surface area (Å²) in [5.41, 5.74) is 1.16. The SMILES string of the molecule is CC(CNC(=O)C1COCCN1)COCc1ccccc1.Cl. The van der Waals surface area contributed by atoms with Crippen molar-refractivity contribution in [1.29, 1.82) is 0 Å². The number of carbonyl (C=O) groups excluding carboxylic acids is 1. The molecule has 1 aliphatic heterocycles. The van der Waals surface area contributed by atoms with Gasteiger partial charge in [-0.15, -0.1) is 12.4 Å². The number of hydrogen-bond donors (Lipinski definition) is 2. The maximum atomic E-state index is 11.9. The summed E-state index contributed by atoms with van der Waals surface area (Å²) >= 11 is 0. The standard InChI is InChI=1S/C16H24N2O3.ClH/c1-13(10-21-11-14-5-3-2-4-6-14)9-18-16(19)15-12-20-8-7-17-15;/h2-6,13,15,17H,7-12H2,1H3,(H,18,19);1H. The van der Waals surface area contributed by atoms with E-state index in [-0.39, 0.29) is 30.3 Å². The lowest BCUT2D eigenvalue weighted by Crippen LogP contribution is -2.51. The smallest absolute Gasteiger partial charge is 0.239 e. The van der Waals surface area contributed by atoms with E-state index in [1.54, 1.807) is 0 Å².